The maximum absolute atomic E-state index is 12.2. The van der Waals surface area contributed by atoms with E-state index in [0.29, 0.717) is 13.1 Å². The van der Waals surface area contributed by atoms with E-state index in [9.17, 15) is 18.0 Å². The van der Waals surface area contributed by atoms with Crippen molar-refractivity contribution in [1.82, 2.24) is 9.80 Å². The minimum atomic E-state index is -3.76. The van der Waals surface area contributed by atoms with Gasteiger partial charge in [0.25, 0.3) is 0 Å². The third-order valence-corrected chi connectivity index (χ3v) is 5.88. The highest BCUT2D eigenvalue weighted by Gasteiger charge is 2.42. The van der Waals surface area contributed by atoms with Crippen molar-refractivity contribution in [1.29, 1.82) is 0 Å². The van der Waals surface area contributed by atoms with E-state index in [-0.39, 0.29) is 24.9 Å². The summed E-state index contributed by atoms with van der Waals surface area (Å²) < 4.78 is 28.2. The lowest BCUT2D eigenvalue weighted by atomic mass is 10.0. The normalized spacial score (nSPS) is 26.5. The Morgan fingerprint density at radius 1 is 1.30 bits per heavy atom. The van der Waals surface area contributed by atoms with Crippen LogP contribution in [0.25, 0.3) is 0 Å². The highest BCUT2D eigenvalue weighted by Crippen LogP contribution is 2.27. The van der Waals surface area contributed by atoms with Gasteiger partial charge >= 0.3 is 6.09 Å². The molecule has 2 aliphatic heterocycles. The van der Waals surface area contributed by atoms with Crippen LogP contribution in [0.3, 0.4) is 0 Å². The summed E-state index contributed by atoms with van der Waals surface area (Å²) in [5.41, 5.74) is -0.578. The first kappa shape index (κ1) is 18.3. The lowest BCUT2D eigenvalue weighted by molar-refractivity contribution is -0.130. The summed E-state index contributed by atoms with van der Waals surface area (Å²) in [5, 5.41) is -0.867. The summed E-state index contributed by atoms with van der Waals surface area (Å²) in [7, 11) is 1.61. The molecule has 9 heteroatoms. The summed E-state index contributed by atoms with van der Waals surface area (Å²) in [5.74, 6) is -0.227. The van der Waals surface area contributed by atoms with Gasteiger partial charge in [-0.2, -0.15) is 0 Å². The van der Waals surface area contributed by atoms with Gasteiger partial charge in [0.15, 0.2) is 0 Å². The number of likely N-dealkylation sites (tertiary alicyclic amines) is 2. The Labute approximate surface area is 141 Å². The molecule has 2 unspecified atom stereocenters. The zero-order chi connectivity index (χ0) is 17.4. The number of rotatable bonds is 2. The standard InChI is InChI=1S/C14H23ClN2O5S/c1-14(2,3)22-13(19)16-6-4-5-10(8-16)17-9-11(7-12(17)18)23(15,20)21/h10-11H,4-9H2,1-3H3. The Kier molecular flexibility index (Phi) is 5.15. The lowest BCUT2D eigenvalue weighted by Crippen LogP contribution is -2.51. The Bertz CT molecular complexity index is 586. The zero-order valence-corrected chi connectivity index (χ0v) is 15.2. The van der Waals surface area contributed by atoms with Crippen molar-refractivity contribution in [3.63, 3.8) is 0 Å². The Hall–Kier alpha value is -1.02. The fourth-order valence-electron chi connectivity index (χ4n) is 2.94. The molecular weight excluding hydrogens is 344 g/mol. The molecule has 7 nitrogen and oxygen atoms in total. The molecule has 2 saturated heterocycles. The monoisotopic (exact) mass is 366 g/mol. The largest absolute Gasteiger partial charge is 0.444 e. The summed E-state index contributed by atoms with van der Waals surface area (Å²) in [6.45, 7) is 6.42. The fourth-order valence-corrected chi connectivity index (χ4v) is 3.98. The van der Waals surface area contributed by atoms with Gasteiger partial charge in [-0.3, -0.25) is 4.79 Å². The summed E-state index contributed by atoms with van der Waals surface area (Å²) in [6.07, 6.45) is 0.983. The number of ether oxygens (including phenoxy) is 1. The number of hydrogen-bond donors (Lipinski definition) is 0. The molecule has 0 aromatic carbocycles. The average Bonchev–Trinajstić information content (AvgIpc) is 2.79. The maximum atomic E-state index is 12.2. The molecule has 2 amide bonds. The number of piperidine rings is 1. The molecule has 0 aromatic rings. The minimum absolute atomic E-state index is 0.0885. The first-order chi connectivity index (χ1) is 10.5. The molecule has 23 heavy (non-hydrogen) atoms. The van der Waals surface area contributed by atoms with Crippen molar-refractivity contribution in [2.45, 2.75) is 56.9 Å². The van der Waals surface area contributed by atoms with E-state index in [4.69, 9.17) is 15.4 Å². The van der Waals surface area contributed by atoms with E-state index in [1.54, 1.807) is 30.6 Å². The quantitative estimate of drug-likeness (QED) is 0.692. The molecule has 0 aromatic heterocycles. The van der Waals surface area contributed by atoms with Crippen molar-refractivity contribution >= 4 is 31.7 Å². The van der Waals surface area contributed by atoms with Crippen molar-refractivity contribution in [2.75, 3.05) is 19.6 Å². The predicted molar refractivity (Wildman–Crippen MR) is 85.7 cm³/mol. The van der Waals surface area contributed by atoms with E-state index in [0.717, 1.165) is 12.8 Å². The molecule has 0 N–H and O–H groups in total. The van der Waals surface area contributed by atoms with Gasteiger partial charge in [-0.05, 0) is 33.6 Å². The Morgan fingerprint density at radius 3 is 2.48 bits per heavy atom. The van der Waals surface area contributed by atoms with Crippen molar-refractivity contribution in [3.8, 4) is 0 Å². The number of hydrogen-bond acceptors (Lipinski definition) is 5. The predicted octanol–water partition coefficient (Wildman–Crippen LogP) is 1.56. The van der Waals surface area contributed by atoms with E-state index in [1.807, 2.05) is 0 Å². The zero-order valence-electron chi connectivity index (χ0n) is 13.6. The van der Waals surface area contributed by atoms with Gasteiger partial charge in [0.1, 0.15) is 10.9 Å². The number of carbonyl (C=O) groups excluding carboxylic acids is 2. The second-order valence-electron chi connectivity index (χ2n) is 7.07. The van der Waals surface area contributed by atoms with Gasteiger partial charge in [-0.1, -0.05) is 0 Å². The van der Waals surface area contributed by atoms with Crippen LogP contribution in [0, 0.1) is 0 Å². The average molecular weight is 367 g/mol. The van der Waals surface area contributed by atoms with Crippen LogP contribution >= 0.6 is 10.7 Å². The van der Waals surface area contributed by atoms with Crippen LogP contribution in [-0.2, 0) is 18.6 Å². The molecule has 0 spiro atoms. The minimum Gasteiger partial charge on any atom is -0.444 e. The van der Waals surface area contributed by atoms with E-state index in [2.05, 4.69) is 0 Å². The van der Waals surface area contributed by atoms with Crippen molar-refractivity contribution in [2.24, 2.45) is 0 Å². The number of halogens is 1. The Morgan fingerprint density at radius 2 is 1.96 bits per heavy atom. The lowest BCUT2D eigenvalue weighted by Gasteiger charge is -2.38. The second-order valence-corrected chi connectivity index (χ2v) is 9.98. The smallest absolute Gasteiger partial charge is 0.410 e. The molecule has 0 saturated carbocycles. The van der Waals surface area contributed by atoms with Gasteiger partial charge in [-0.25, -0.2) is 13.2 Å². The molecular formula is C14H23ClN2O5S. The Balaban J connectivity index is 2.01. The summed E-state index contributed by atoms with van der Waals surface area (Å²) in [4.78, 5) is 27.4. The number of carbonyl (C=O) groups is 2. The molecule has 2 atom stereocenters. The third-order valence-electron chi connectivity index (χ3n) is 4.01. The van der Waals surface area contributed by atoms with Crippen LogP contribution < -0.4 is 0 Å². The SMILES string of the molecule is CC(C)(C)OC(=O)N1CCCC(N2CC(S(=O)(=O)Cl)CC2=O)C1. The summed E-state index contributed by atoms with van der Waals surface area (Å²) in [6, 6.07) is -0.188. The third kappa shape index (κ3) is 4.73. The molecule has 0 bridgehead atoms. The van der Waals surface area contributed by atoms with Crippen LogP contribution in [-0.4, -0.2) is 66.7 Å². The fraction of sp³-hybridized carbons (Fsp3) is 0.857. The highest BCUT2D eigenvalue weighted by atomic mass is 35.7. The molecule has 0 radical (unpaired) electrons. The van der Waals surface area contributed by atoms with Crippen LogP contribution in [0.4, 0.5) is 4.79 Å². The van der Waals surface area contributed by atoms with Gasteiger partial charge in [-0.15, -0.1) is 0 Å². The van der Waals surface area contributed by atoms with Crippen LogP contribution in [0.5, 0.6) is 0 Å². The highest BCUT2D eigenvalue weighted by molar-refractivity contribution is 8.14. The van der Waals surface area contributed by atoms with E-state index >= 15 is 0 Å². The van der Waals surface area contributed by atoms with E-state index < -0.39 is 26.0 Å². The number of amides is 2. The molecule has 0 aliphatic carbocycles. The topological polar surface area (TPSA) is 84.0 Å². The molecule has 132 valence electrons. The van der Waals surface area contributed by atoms with Crippen molar-refractivity contribution < 1.29 is 22.7 Å². The molecule has 2 rings (SSSR count). The second kappa shape index (κ2) is 6.47. The van der Waals surface area contributed by atoms with Gasteiger partial charge in [0.2, 0.25) is 15.0 Å². The molecule has 2 fully saturated rings. The van der Waals surface area contributed by atoms with Crippen molar-refractivity contribution in [3.05, 3.63) is 0 Å². The van der Waals surface area contributed by atoms with Crippen LogP contribution in [0.15, 0.2) is 0 Å². The van der Waals surface area contributed by atoms with Gasteiger partial charge < -0.3 is 14.5 Å². The maximum Gasteiger partial charge on any atom is 0.410 e. The van der Waals surface area contributed by atoms with Gasteiger partial charge in [0.05, 0.1) is 0 Å². The van der Waals surface area contributed by atoms with E-state index in [1.165, 1.54) is 0 Å². The van der Waals surface area contributed by atoms with Gasteiger partial charge in [0, 0.05) is 42.8 Å². The first-order valence-electron chi connectivity index (χ1n) is 7.68. The van der Waals surface area contributed by atoms with Crippen LogP contribution in [0.2, 0.25) is 0 Å². The first-order valence-corrected chi connectivity index (χ1v) is 10.1. The van der Waals surface area contributed by atoms with Crippen LogP contribution in [0.1, 0.15) is 40.0 Å². The molecule has 2 heterocycles. The molecule has 2 aliphatic rings. The number of nitrogens with zero attached hydrogens (tertiary/aromatic N) is 2. The summed E-state index contributed by atoms with van der Waals surface area (Å²) >= 11 is 0.